The molecule has 1 rings (SSSR count). The average molecular weight is 300 g/mol. The number of hydrogen-bond donors (Lipinski definition) is 2. The minimum atomic E-state index is -1.08. The maximum atomic E-state index is 11.2. The van der Waals surface area contributed by atoms with Gasteiger partial charge in [-0.3, -0.25) is 5.32 Å². The normalized spacial score (nSPS) is 9.47. The first-order valence-electron chi connectivity index (χ1n) is 4.62. The first kappa shape index (κ1) is 13.2. The molecule has 0 spiro atoms. The van der Waals surface area contributed by atoms with Crippen LogP contribution in [0.2, 0.25) is 0 Å². The van der Waals surface area contributed by atoms with Gasteiger partial charge >= 0.3 is 12.1 Å². The number of ether oxygens (including phenoxy) is 1. The number of hydrogen-bond acceptors (Lipinski definition) is 3. The lowest BCUT2D eigenvalue weighted by atomic mass is 10.2. The van der Waals surface area contributed by atoms with Crippen LogP contribution >= 0.6 is 15.9 Å². The van der Waals surface area contributed by atoms with E-state index in [2.05, 4.69) is 27.8 Å². The molecule has 0 unspecified atom stereocenters. The molecule has 6 heteroatoms. The number of aromatic carboxylic acids is 1. The van der Waals surface area contributed by atoms with Crippen LogP contribution in [0.1, 0.15) is 10.4 Å². The second-order valence-electron chi connectivity index (χ2n) is 3.01. The number of carbonyl (C=O) groups is 2. The summed E-state index contributed by atoms with van der Waals surface area (Å²) in [5.41, 5.74) is 0.409. The molecule has 0 heterocycles. The second-order valence-corrected chi connectivity index (χ2v) is 3.87. The minimum absolute atomic E-state index is 0.0616. The molecule has 0 aliphatic heterocycles. The minimum Gasteiger partial charge on any atom is -0.478 e. The fourth-order valence-electron chi connectivity index (χ4n) is 1.06. The molecule has 17 heavy (non-hydrogen) atoms. The van der Waals surface area contributed by atoms with Gasteiger partial charge in [0, 0.05) is 10.2 Å². The van der Waals surface area contributed by atoms with Crippen LogP contribution in [0.15, 0.2) is 35.3 Å². The molecule has 0 bridgehead atoms. The van der Waals surface area contributed by atoms with E-state index in [0.29, 0.717) is 10.2 Å². The summed E-state index contributed by atoms with van der Waals surface area (Å²) in [4.78, 5) is 22.0. The van der Waals surface area contributed by atoms with Gasteiger partial charge in [0.25, 0.3) is 0 Å². The maximum Gasteiger partial charge on any atom is 0.411 e. The van der Waals surface area contributed by atoms with E-state index in [4.69, 9.17) is 9.84 Å². The van der Waals surface area contributed by atoms with Crippen molar-refractivity contribution in [1.29, 1.82) is 0 Å². The molecule has 0 aliphatic rings. The summed E-state index contributed by atoms with van der Waals surface area (Å²) >= 11 is 3.10. The highest BCUT2D eigenvalue weighted by molar-refractivity contribution is 9.10. The van der Waals surface area contributed by atoms with Gasteiger partial charge in [0.1, 0.15) is 6.61 Å². The van der Waals surface area contributed by atoms with Crippen LogP contribution < -0.4 is 5.32 Å². The lowest BCUT2D eigenvalue weighted by Gasteiger charge is -2.07. The van der Waals surface area contributed by atoms with Gasteiger partial charge in [-0.05, 0) is 34.1 Å². The fourth-order valence-corrected chi connectivity index (χ4v) is 1.47. The summed E-state index contributed by atoms with van der Waals surface area (Å²) in [5.74, 6) is -1.08. The Balaban J connectivity index is 2.79. The molecule has 0 atom stereocenters. The van der Waals surface area contributed by atoms with Crippen molar-refractivity contribution in [2.24, 2.45) is 0 Å². The Hall–Kier alpha value is -1.82. The van der Waals surface area contributed by atoms with Crippen LogP contribution in [0.4, 0.5) is 10.5 Å². The molecule has 2 N–H and O–H groups in total. The Morgan fingerprint density at radius 1 is 1.53 bits per heavy atom. The highest BCUT2D eigenvalue weighted by Gasteiger charge is 2.10. The van der Waals surface area contributed by atoms with Crippen molar-refractivity contribution in [3.05, 3.63) is 40.9 Å². The summed E-state index contributed by atoms with van der Waals surface area (Å²) in [6, 6.07) is 4.43. The van der Waals surface area contributed by atoms with E-state index in [1.54, 1.807) is 6.07 Å². The number of anilines is 1. The van der Waals surface area contributed by atoms with Gasteiger partial charge in [-0.2, -0.15) is 0 Å². The van der Waals surface area contributed by atoms with E-state index in [1.165, 1.54) is 18.2 Å². The fraction of sp³-hybridized carbons (Fsp3) is 0.0909. The molecule has 90 valence electrons. The SMILES string of the molecule is C=CCOC(=O)Nc1ccc(Br)c(C(=O)O)c1. The summed E-state index contributed by atoms with van der Waals surface area (Å²) in [5, 5.41) is 11.3. The maximum absolute atomic E-state index is 11.2. The Morgan fingerprint density at radius 3 is 2.82 bits per heavy atom. The van der Waals surface area contributed by atoms with Crippen LogP contribution in [0, 0.1) is 0 Å². The Kier molecular flexibility index (Phi) is 4.71. The molecular formula is C11H10BrNO4. The van der Waals surface area contributed by atoms with E-state index in [-0.39, 0.29) is 12.2 Å². The van der Waals surface area contributed by atoms with E-state index in [0.717, 1.165) is 0 Å². The zero-order valence-corrected chi connectivity index (χ0v) is 10.4. The summed E-state index contributed by atoms with van der Waals surface area (Å²) in [7, 11) is 0. The highest BCUT2D eigenvalue weighted by atomic mass is 79.9. The number of amides is 1. The third-order valence-corrected chi connectivity index (χ3v) is 2.47. The predicted molar refractivity (Wildman–Crippen MR) is 66.3 cm³/mol. The van der Waals surface area contributed by atoms with Crippen molar-refractivity contribution < 1.29 is 19.4 Å². The van der Waals surface area contributed by atoms with Crippen LogP contribution in [-0.2, 0) is 4.74 Å². The monoisotopic (exact) mass is 299 g/mol. The van der Waals surface area contributed by atoms with Crippen LogP contribution in [0.25, 0.3) is 0 Å². The van der Waals surface area contributed by atoms with Gasteiger partial charge in [0.05, 0.1) is 5.56 Å². The highest BCUT2D eigenvalue weighted by Crippen LogP contribution is 2.21. The van der Waals surface area contributed by atoms with Crippen LogP contribution in [-0.4, -0.2) is 23.8 Å². The lowest BCUT2D eigenvalue weighted by molar-refractivity contribution is 0.0696. The van der Waals surface area contributed by atoms with Crippen LogP contribution in [0.5, 0.6) is 0 Å². The summed E-state index contributed by atoms with van der Waals surface area (Å²) in [6.45, 7) is 3.49. The third-order valence-electron chi connectivity index (χ3n) is 1.78. The number of rotatable bonds is 4. The van der Waals surface area contributed by atoms with Gasteiger partial charge in [-0.25, -0.2) is 9.59 Å². The molecule has 0 aliphatic carbocycles. The summed E-state index contributed by atoms with van der Waals surface area (Å²) < 4.78 is 5.14. The van der Waals surface area contributed by atoms with Crippen molar-refractivity contribution in [2.75, 3.05) is 11.9 Å². The number of benzene rings is 1. The molecular weight excluding hydrogens is 290 g/mol. The van der Waals surface area contributed by atoms with Crippen molar-refractivity contribution in [3.63, 3.8) is 0 Å². The topological polar surface area (TPSA) is 75.6 Å². The molecule has 0 saturated heterocycles. The zero-order chi connectivity index (χ0) is 12.8. The molecule has 5 nitrogen and oxygen atoms in total. The lowest BCUT2D eigenvalue weighted by Crippen LogP contribution is -2.14. The molecule has 1 amide bonds. The van der Waals surface area contributed by atoms with Gasteiger partial charge in [0.2, 0.25) is 0 Å². The molecule has 1 aromatic carbocycles. The van der Waals surface area contributed by atoms with Crippen molar-refractivity contribution >= 4 is 33.7 Å². The molecule has 0 saturated carbocycles. The van der Waals surface area contributed by atoms with E-state index in [1.807, 2.05) is 0 Å². The Bertz CT molecular complexity index is 459. The van der Waals surface area contributed by atoms with Gasteiger partial charge in [-0.15, -0.1) is 0 Å². The van der Waals surface area contributed by atoms with Crippen molar-refractivity contribution in [3.8, 4) is 0 Å². The second kappa shape index (κ2) is 6.05. The quantitative estimate of drug-likeness (QED) is 0.838. The average Bonchev–Trinajstić information content (AvgIpc) is 2.28. The van der Waals surface area contributed by atoms with E-state index >= 15 is 0 Å². The number of carbonyl (C=O) groups excluding carboxylic acids is 1. The number of carboxylic acids is 1. The smallest absolute Gasteiger partial charge is 0.411 e. The van der Waals surface area contributed by atoms with Crippen molar-refractivity contribution in [2.45, 2.75) is 0 Å². The molecule has 1 aromatic rings. The van der Waals surface area contributed by atoms with Crippen LogP contribution in [0.3, 0.4) is 0 Å². The van der Waals surface area contributed by atoms with E-state index in [9.17, 15) is 9.59 Å². The number of nitrogens with one attached hydrogen (secondary N) is 1. The zero-order valence-electron chi connectivity index (χ0n) is 8.77. The summed E-state index contributed by atoms with van der Waals surface area (Å²) in [6.07, 6.45) is 0.771. The number of carboxylic acid groups (broad SMARTS) is 1. The van der Waals surface area contributed by atoms with Crippen molar-refractivity contribution in [1.82, 2.24) is 0 Å². The Labute approximate surface area is 106 Å². The molecule has 0 fully saturated rings. The Morgan fingerprint density at radius 2 is 2.24 bits per heavy atom. The first-order chi connectivity index (χ1) is 8.04. The first-order valence-corrected chi connectivity index (χ1v) is 5.41. The van der Waals surface area contributed by atoms with Gasteiger partial charge < -0.3 is 9.84 Å². The molecule has 0 aromatic heterocycles. The largest absolute Gasteiger partial charge is 0.478 e. The predicted octanol–water partition coefficient (Wildman–Crippen LogP) is 2.88. The van der Waals surface area contributed by atoms with Gasteiger partial charge in [0.15, 0.2) is 0 Å². The van der Waals surface area contributed by atoms with E-state index < -0.39 is 12.1 Å². The van der Waals surface area contributed by atoms with Gasteiger partial charge in [-0.1, -0.05) is 12.7 Å². The third kappa shape index (κ3) is 3.92. The number of halogens is 1. The standard InChI is InChI=1S/C11H10BrNO4/c1-2-5-17-11(16)13-7-3-4-9(12)8(6-7)10(14)15/h2-4,6H,1,5H2,(H,13,16)(H,14,15). The molecule has 0 radical (unpaired) electrons.